The predicted molar refractivity (Wildman–Crippen MR) is 114 cm³/mol. The number of esters is 1. The minimum atomic E-state index is -1.09. The summed E-state index contributed by atoms with van der Waals surface area (Å²) in [6.07, 6.45) is 4.65. The molecule has 6 nitrogen and oxygen atoms in total. The summed E-state index contributed by atoms with van der Waals surface area (Å²) in [5.41, 5.74) is 0.347. The Hall–Kier alpha value is -2.91. The molecule has 2 unspecified atom stereocenters. The smallest absolute Gasteiger partial charge is 0.325 e. The number of benzene rings is 1. The van der Waals surface area contributed by atoms with Crippen molar-refractivity contribution in [3.05, 3.63) is 54.2 Å². The molecule has 6 heteroatoms. The average Bonchev–Trinajstić information content (AvgIpc) is 2.77. The van der Waals surface area contributed by atoms with E-state index in [9.17, 15) is 10.1 Å². The standard InChI is InChI=1S/C24H29N3O3/c1-17(2)23(26-18-10-5-3-6-11-18)24(28)30-21(16-25)20-14-9-15-22(27-20)29-19-12-7-4-8-13-19/h4,7-9,12-15,17-18,21,23,26H,3,5-6,10-11H2,1-2H3. The first-order valence-corrected chi connectivity index (χ1v) is 10.6. The van der Waals surface area contributed by atoms with Gasteiger partial charge < -0.3 is 14.8 Å². The number of nitrogens with one attached hydrogen (secondary N) is 1. The van der Waals surface area contributed by atoms with E-state index in [0.29, 0.717) is 23.4 Å². The summed E-state index contributed by atoms with van der Waals surface area (Å²) in [5, 5.41) is 13.1. The van der Waals surface area contributed by atoms with Gasteiger partial charge in [-0.05, 0) is 37.0 Å². The highest BCUT2D eigenvalue weighted by Crippen LogP contribution is 2.24. The van der Waals surface area contributed by atoms with Gasteiger partial charge in [-0.1, -0.05) is 57.4 Å². The fourth-order valence-corrected chi connectivity index (χ4v) is 3.64. The number of carbonyl (C=O) groups is 1. The van der Waals surface area contributed by atoms with Crippen LogP contribution in [0.1, 0.15) is 57.7 Å². The van der Waals surface area contributed by atoms with Crippen LogP contribution in [0.5, 0.6) is 11.6 Å². The van der Waals surface area contributed by atoms with Gasteiger partial charge in [0.25, 0.3) is 0 Å². The van der Waals surface area contributed by atoms with Crippen molar-refractivity contribution >= 4 is 5.97 Å². The third-order valence-electron chi connectivity index (χ3n) is 5.27. The second-order valence-corrected chi connectivity index (χ2v) is 7.99. The van der Waals surface area contributed by atoms with Gasteiger partial charge in [0.2, 0.25) is 12.0 Å². The summed E-state index contributed by atoms with van der Waals surface area (Å²) in [6, 6.07) is 16.3. The first kappa shape index (κ1) is 21.8. The zero-order valence-corrected chi connectivity index (χ0v) is 17.6. The maximum Gasteiger partial charge on any atom is 0.325 e. The maximum absolute atomic E-state index is 12.9. The average molecular weight is 408 g/mol. The van der Waals surface area contributed by atoms with Crippen molar-refractivity contribution in [2.24, 2.45) is 5.92 Å². The zero-order chi connectivity index (χ0) is 21.3. The number of hydrogen-bond acceptors (Lipinski definition) is 6. The van der Waals surface area contributed by atoms with E-state index >= 15 is 0 Å². The lowest BCUT2D eigenvalue weighted by molar-refractivity contribution is -0.151. The molecule has 0 amide bonds. The number of rotatable bonds is 8. The quantitative estimate of drug-likeness (QED) is 0.625. The second-order valence-electron chi connectivity index (χ2n) is 7.99. The Balaban J connectivity index is 1.68. The summed E-state index contributed by atoms with van der Waals surface area (Å²) in [4.78, 5) is 17.3. The fourth-order valence-electron chi connectivity index (χ4n) is 3.64. The monoisotopic (exact) mass is 407 g/mol. The van der Waals surface area contributed by atoms with Gasteiger partial charge in [0.05, 0.1) is 5.69 Å². The molecule has 3 rings (SSSR count). The van der Waals surface area contributed by atoms with Crippen molar-refractivity contribution in [1.29, 1.82) is 5.26 Å². The van der Waals surface area contributed by atoms with Crippen molar-refractivity contribution in [2.45, 2.75) is 64.1 Å². The van der Waals surface area contributed by atoms with Gasteiger partial charge in [-0.2, -0.15) is 5.26 Å². The molecule has 1 aromatic heterocycles. The molecular formula is C24H29N3O3. The summed E-state index contributed by atoms with van der Waals surface area (Å²) < 4.78 is 11.3. The second kappa shape index (κ2) is 10.7. The molecule has 30 heavy (non-hydrogen) atoms. The normalized spacial score (nSPS) is 16.5. The lowest BCUT2D eigenvalue weighted by Crippen LogP contribution is -2.48. The van der Waals surface area contributed by atoms with E-state index in [-0.39, 0.29) is 5.92 Å². The SMILES string of the molecule is CC(C)C(NC1CCCCC1)C(=O)OC(C#N)c1cccc(Oc2ccccc2)n1. The summed E-state index contributed by atoms with van der Waals surface area (Å²) in [7, 11) is 0. The van der Waals surface area contributed by atoms with Crippen molar-refractivity contribution in [3.8, 4) is 17.7 Å². The first-order valence-electron chi connectivity index (χ1n) is 10.6. The Labute approximate surface area is 178 Å². The van der Waals surface area contributed by atoms with Crippen LogP contribution < -0.4 is 10.1 Å². The van der Waals surface area contributed by atoms with Crippen molar-refractivity contribution in [1.82, 2.24) is 10.3 Å². The number of aromatic nitrogens is 1. The van der Waals surface area contributed by atoms with Crippen LogP contribution in [0.25, 0.3) is 0 Å². The number of ether oxygens (including phenoxy) is 2. The van der Waals surface area contributed by atoms with E-state index in [1.54, 1.807) is 18.2 Å². The van der Waals surface area contributed by atoms with E-state index in [2.05, 4.69) is 10.3 Å². The van der Waals surface area contributed by atoms with Crippen LogP contribution in [0.4, 0.5) is 0 Å². The molecule has 0 spiro atoms. The van der Waals surface area contributed by atoms with E-state index in [4.69, 9.17) is 9.47 Å². The molecule has 0 aliphatic heterocycles. The van der Waals surface area contributed by atoms with E-state index in [0.717, 1.165) is 12.8 Å². The highest BCUT2D eigenvalue weighted by molar-refractivity contribution is 5.76. The van der Waals surface area contributed by atoms with Crippen molar-refractivity contribution < 1.29 is 14.3 Å². The molecule has 1 heterocycles. The van der Waals surface area contributed by atoms with Gasteiger partial charge in [0.15, 0.2) is 0 Å². The molecule has 158 valence electrons. The number of hydrogen-bond donors (Lipinski definition) is 1. The van der Waals surface area contributed by atoms with Crippen LogP contribution in [0.15, 0.2) is 48.5 Å². The molecule has 0 radical (unpaired) electrons. The molecule has 1 N–H and O–H groups in total. The Bertz CT molecular complexity index is 857. The maximum atomic E-state index is 12.9. The Kier molecular flexibility index (Phi) is 7.81. The summed E-state index contributed by atoms with van der Waals surface area (Å²) in [5.74, 6) is 0.623. The number of carbonyl (C=O) groups excluding carboxylic acids is 1. The number of nitrogens with zero attached hydrogens (tertiary/aromatic N) is 2. The topological polar surface area (TPSA) is 84.2 Å². The Morgan fingerprint density at radius 3 is 2.50 bits per heavy atom. The van der Waals surface area contributed by atoms with Crippen molar-refractivity contribution in [3.63, 3.8) is 0 Å². The molecule has 0 bridgehead atoms. The van der Waals surface area contributed by atoms with Gasteiger partial charge in [0.1, 0.15) is 17.9 Å². The predicted octanol–water partition coefficient (Wildman–Crippen LogP) is 4.93. The first-order chi connectivity index (χ1) is 14.6. The fraction of sp³-hybridized carbons (Fsp3) is 0.458. The molecular weight excluding hydrogens is 378 g/mol. The molecule has 0 saturated heterocycles. The summed E-state index contributed by atoms with van der Waals surface area (Å²) >= 11 is 0. The van der Waals surface area contributed by atoms with Gasteiger partial charge in [-0.25, -0.2) is 4.98 Å². The summed E-state index contributed by atoms with van der Waals surface area (Å²) in [6.45, 7) is 3.96. The third kappa shape index (κ3) is 6.04. The minimum Gasteiger partial charge on any atom is -0.439 e. The van der Waals surface area contributed by atoms with Crippen molar-refractivity contribution in [2.75, 3.05) is 0 Å². The zero-order valence-electron chi connectivity index (χ0n) is 17.6. The van der Waals surface area contributed by atoms with Crippen LogP contribution in [0, 0.1) is 17.2 Å². The molecule has 2 atom stereocenters. The highest BCUT2D eigenvalue weighted by atomic mass is 16.5. The van der Waals surface area contributed by atoms with Gasteiger partial charge >= 0.3 is 5.97 Å². The van der Waals surface area contributed by atoms with Crippen LogP contribution in [0.2, 0.25) is 0 Å². The van der Waals surface area contributed by atoms with E-state index in [1.165, 1.54) is 19.3 Å². The Morgan fingerprint density at radius 2 is 1.83 bits per heavy atom. The van der Waals surface area contributed by atoms with E-state index < -0.39 is 18.1 Å². The minimum absolute atomic E-state index is 0.0551. The molecule has 1 aromatic carbocycles. The van der Waals surface area contributed by atoms with Crippen LogP contribution in [0.3, 0.4) is 0 Å². The molecule has 2 aromatic rings. The van der Waals surface area contributed by atoms with Crippen LogP contribution in [-0.4, -0.2) is 23.0 Å². The van der Waals surface area contributed by atoms with Gasteiger partial charge in [-0.3, -0.25) is 4.79 Å². The molecule has 1 aliphatic carbocycles. The van der Waals surface area contributed by atoms with E-state index in [1.807, 2.05) is 50.2 Å². The Morgan fingerprint density at radius 1 is 1.10 bits per heavy atom. The van der Waals surface area contributed by atoms with Crippen LogP contribution in [-0.2, 0) is 9.53 Å². The molecule has 1 fully saturated rings. The highest BCUT2D eigenvalue weighted by Gasteiger charge is 2.30. The number of pyridine rings is 1. The molecule has 1 aliphatic rings. The van der Waals surface area contributed by atoms with Gasteiger partial charge in [0, 0.05) is 12.1 Å². The number of para-hydroxylation sites is 1. The van der Waals surface area contributed by atoms with Crippen LogP contribution >= 0.6 is 0 Å². The largest absolute Gasteiger partial charge is 0.439 e. The van der Waals surface area contributed by atoms with Gasteiger partial charge in [-0.15, -0.1) is 0 Å². The number of nitriles is 1. The molecule has 1 saturated carbocycles. The lowest BCUT2D eigenvalue weighted by atomic mass is 9.93. The lowest BCUT2D eigenvalue weighted by Gasteiger charge is -2.29. The third-order valence-corrected chi connectivity index (χ3v) is 5.27.